The van der Waals surface area contributed by atoms with Gasteiger partial charge in [-0.2, -0.15) is 0 Å². The van der Waals surface area contributed by atoms with Crippen molar-refractivity contribution in [3.63, 3.8) is 0 Å². The number of fused-ring (bicyclic) bond motifs is 5. The molecule has 3 aromatic rings. The average Bonchev–Trinajstić information content (AvgIpc) is 3.41. The second-order valence-corrected chi connectivity index (χ2v) is 8.91. The minimum atomic E-state index is 0.0691. The van der Waals surface area contributed by atoms with E-state index in [1.807, 2.05) is 24.3 Å². The van der Waals surface area contributed by atoms with Gasteiger partial charge in [-0.1, -0.05) is 0 Å². The molecular formula is C25H28N2O2. The fourth-order valence-electron chi connectivity index (χ4n) is 5.52. The van der Waals surface area contributed by atoms with E-state index in [0.717, 1.165) is 64.4 Å². The molecule has 150 valence electrons. The van der Waals surface area contributed by atoms with Gasteiger partial charge in [-0.05, 0) is 81.8 Å². The zero-order valence-corrected chi connectivity index (χ0v) is 17.3. The van der Waals surface area contributed by atoms with E-state index in [1.165, 1.54) is 25.8 Å². The summed E-state index contributed by atoms with van der Waals surface area (Å²) in [7, 11) is 0. The molecule has 0 amide bonds. The van der Waals surface area contributed by atoms with Crippen LogP contribution >= 0.6 is 0 Å². The van der Waals surface area contributed by atoms with Gasteiger partial charge in [0.2, 0.25) is 0 Å². The molecule has 2 atom stereocenters. The van der Waals surface area contributed by atoms with E-state index < -0.39 is 0 Å². The second kappa shape index (κ2) is 7.10. The van der Waals surface area contributed by atoms with Crippen LogP contribution in [0, 0.1) is 5.92 Å². The highest BCUT2D eigenvalue weighted by Crippen LogP contribution is 2.37. The number of ketones is 2. The number of aromatic nitrogens is 1. The first-order chi connectivity index (χ1) is 14.0. The highest BCUT2D eigenvalue weighted by molar-refractivity contribution is 6.12. The summed E-state index contributed by atoms with van der Waals surface area (Å²) in [4.78, 5) is 26.5. The predicted octanol–water partition coefficient (Wildman–Crippen LogP) is 5.07. The van der Waals surface area contributed by atoms with Crippen molar-refractivity contribution in [2.75, 3.05) is 13.1 Å². The number of rotatable bonds is 6. The van der Waals surface area contributed by atoms with Crippen LogP contribution in [0.2, 0.25) is 0 Å². The fraction of sp³-hybridized carbons (Fsp3) is 0.440. The third-order valence-corrected chi connectivity index (χ3v) is 7.03. The molecule has 0 radical (unpaired) electrons. The third kappa shape index (κ3) is 3.20. The van der Waals surface area contributed by atoms with Crippen LogP contribution in [-0.4, -0.2) is 40.2 Å². The number of hydrogen-bond acceptors (Lipinski definition) is 3. The predicted molar refractivity (Wildman–Crippen MR) is 117 cm³/mol. The van der Waals surface area contributed by atoms with Crippen molar-refractivity contribution >= 4 is 33.4 Å². The molecule has 2 unspecified atom stereocenters. The summed E-state index contributed by atoms with van der Waals surface area (Å²) in [6.45, 7) is 6.59. The zero-order chi connectivity index (χ0) is 20.1. The standard InChI is InChI=1S/C25H28N2O2/c1-16(28)19-5-8-24-22(13-19)23-14-20(17(2)29)6-9-25(23)27(24)11-3-10-26-15-18-4-7-21(26)12-18/h5-6,8-9,13-14,18,21H,3-4,7,10-12,15H2,1-2H3. The lowest BCUT2D eigenvalue weighted by molar-refractivity contribution is 0.100. The summed E-state index contributed by atoms with van der Waals surface area (Å²) in [5, 5.41) is 2.13. The molecule has 0 spiro atoms. The summed E-state index contributed by atoms with van der Waals surface area (Å²) in [6, 6.07) is 12.8. The lowest BCUT2D eigenvalue weighted by Gasteiger charge is -2.26. The molecule has 2 fully saturated rings. The van der Waals surface area contributed by atoms with E-state index >= 15 is 0 Å². The highest BCUT2D eigenvalue weighted by atomic mass is 16.1. The van der Waals surface area contributed by atoms with Crippen LogP contribution in [0.15, 0.2) is 36.4 Å². The molecule has 2 aliphatic rings. The fourth-order valence-corrected chi connectivity index (χ4v) is 5.52. The van der Waals surface area contributed by atoms with E-state index in [4.69, 9.17) is 0 Å². The maximum Gasteiger partial charge on any atom is 0.159 e. The molecule has 0 N–H and O–H groups in total. The van der Waals surface area contributed by atoms with Crippen LogP contribution in [0.25, 0.3) is 21.8 Å². The monoisotopic (exact) mass is 388 g/mol. The molecule has 2 aromatic carbocycles. The number of Topliss-reactive ketones (excluding diaryl/α,β-unsaturated/α-hetero) is 2. The summed E-state index contributed by atoms with van der Waals surface area (Å²) in [5.74, 6) is 1.07. The van der Waals surface area contributed by atoms with Crippen LogP contribution < -0.4 is 0 Å². The Hall–Kier alpha value is -2.46. The summed E-state index contributed by atoms with van der Waals surface area (Å²) in [5.41, 5.74) is 3.73. The van der Waals surface area contributed by atoms with Crippen molar-refractivity contribution in [3.05, 3.63) is 47.5 Å². The van der Waals surface area contributed by atoms with Gasteiger partial charge in [0, 0.05) is 58.6 Å². The molecule has 2 heterocycles. The first-order valence-corrected chi connectivity index (χ1v) is 10.8. The number of carbonyl (C=O) groups is 2. The van der Waals surface area contributed by atoms with Gasteiger partial charge in [0.15, 0.2) is 11.6 Å². The van der Waals surface area contributed by atoms with Crippen molar-refractivity contribution in [1.82, 2.24) is 9.47 Å². The van der Waals surface area contributed by atoms with E-state index in [0.29, 0.717) is 0 Å². The number of nitrogens with zero attached hydrogens (tertiary/aromatic N) is 2. The van der Waals surface area contributed by atoms with Gasteiger partial charge in [0.1, 0.15) is 0 Å². The lowest BCUT2D eigenvalue weighted by atomic mass is 10.0. The highest BCUT2D eigenvalue weighted by Gasteiger charge is 2.37. The lowest BCUT2D eigenvalue weighted by Crippen LogP contribution is -2.33. The maximum absolute atomic E-state index is 11.9. The van der Waals surface area contributed by atoms with Crippen LogP contribution in [0.1, 0.15) is 60.2 Å². The second-order valence-electron chi connectivity index (χ2n) is 8.91. The number of hydrogen-bond donors (Lipinski definition) is 0. The van der Waals surface area contributed by atoms with Gasteiger partial charge in [-0.3, -0.25) is 9.59 Å². The molecule has 1 aromatic heterocycles. The van der Waals surface area contributed by atoms with Gasteiger partial charge < -0.3 is 9.47 Å². The average molecular weight is 389 g/mol. The molecule has 4 heteroatoms. The Balaban J connectivity index is 1.50. The number of carbonyl (C=O) groups excluding carboxylic acids is 2. The zero-order valence-electron chi connectivity index (χ0n) is 17.3. The van der Waals surface area contributed by atoms with Gasteiger partial charge in [0.05, 0.1) is 0 Å². The number of benzene rings is 2. The van der Waals surface area contributed by atoms with Gasteiger partial charge in [0.25, 0.3) is 0 Å². The minimum Gasteiger partial charge on any atom is -0.340 e. The van der Waals surface area contributed by atoms with Crippen molar-refractivity contribution in [1.29, 1.82) is 0 Å². The topological polar surface area (TPSA) is 42.3 Å². The number of likely N-dealkylation sites (tertiary alicyclic amines) is 1. The van der Waals surface area contributed by atoms with Gasteiger partial charge in [-0.15, -0.1) is 0 Å². The van der Waals surface area contributed by atoms with E-state index in [9.17, 15) is 9.59 Å². The first-order valence-electron chi connectivity index (χ1n) is 10.8. The van der Waals surface area contributed by atoms with Crippen LogP contribution in [-0.2, 0) is 6.54 Å². The first kappa shape index (κ1) is 18.6. The Bertz CT molecular complexity index is 1060. The summed E-state index contributed by atoms with van der Waals surface area (Å²) >= 11 is 0. The van der Waals surface area contributed by atoms with Crippen LogP contribution in [0.4, 0.5) is 0 Å². The van der Waals surface area contributed by atoms with Crippen molar-refractivity contribution in [2.45, 2.75) is 52.1 Å². The van der Waals surface area contributed by atoms with E-state index in [1.54, 1.807) is 13.8 Å². The molecule has 4 nitrogen and oxygen atoms in total. The quantitative estimate of drug-likeness (QED) is 0.554. The molecule has 5 rings (SSSR count). The Labute approximate surface area is 171 Å². The smallest absolute Gasteiger partial charge is 0.159 e. The number of aryl methyl sites for hydroxylation is 1. The van der Waals surface area contributed by atoms with Crippen molar-refractivity contribution in [3.8, 4) is 0 Å². The molecule has 2 bridgehead atoms. The maximum atomic E-state index is 11.9. The molecule has 1 saturated heterocycles. The Kier molecular flexibility index (Phi) is 4.54. The van der Waals surface area contributed by atoms with Gasteiger partial charge in [-0.25, -0.2) is 0 Å². The SMILES string of the molecule is CC(=O)c1ccc2c(c1)c1cc(C(C)=O)ccc1n2CCCN1CC2CCC1C2. The van der Waals surface area contributed by atoms with Crippen molar-refractivity contribution in [2.24, 2.45) is 5.92 Å². The normalized spacial score (nSPS) is 21.4. The Morgan fingerprint density at radius 1 is 0.897 bits per heavy atom. The van der Waals surface area contributed by atoms with Crippen LogP contribution in [0.3, 0.4) is 0 Å². The number of piperidine rings is 1. The van der Waals surface area contributed by atoms with E-state index in [2.05, 4.69) is 21.6 Å². The summed E-state index contributed by atoms with van der Waals surface area (Å²) in [6.07, 6.45) is 5.31. The van der Waals surface area contributed by atoms with Gasteiger partial charge >= 0.3 is 0 Å². The minimum absolute atomic E-state index is 0.0691. The van der Waals surface area contributed by atoms with E-state index in [-0.39, 0.29) is 11.6 Å². The molecule has 29 heavy (non-hydrogen) atoms. The molecule has 1 saturated carbocycles. The largest absolute Gasteiger partial charge is 0.340 e. The Morgan fingerprint density at radius 2 is 1.52 bits per heavy atom. The third-order valence-electron chi connectivity index (χ3n) is 7.03. The van der Waals surface area contributed by atoms with Crippen LogP contribution in [0.5, 0.6) is 0 Å². The Morgan fingerprint density at radius 3 is 2.00 bits per heavy atom. The summed E-state index contributed by atoms with van der Waals surface area (Å²) < 4.78 is 2.37. The molecular weight excluding hydrogens is 360 g/mol. The van der Waals surface area contributed by atoms with Crippen molar-refractivity contribution < 1.29 is 9.59 Å². The molecule has 1 aliphatic carbocycles. The molecule has 1 aliphatic heterocycles.